The second kappa shape index (κ2) is 8.32. The normalized spacial score (nSPS) is 20.0. The summed E-state index contributed by atoms with van der Waals surface area (Å²) in [5.74, 6) is 0.719. The first-order valence-electron chi connectivity index (χ1n) is 9.71. The van der Waals surface area contributed by atoms with Crippen LogP contribution in [0, 0.1) is 0 Å². The van der Waals surface area contributed by atoms with Gasteiger partial charge in [-0.15, -0.1) is 11.3 Å². The summed E-state index contributed by atoms with van der Waals surface area (Å²) in [5, 5.41) is 2.10. The molecular formula is C21H25N3O3S. The molecule has 1 aromatic carbocycles. The minimum atomic E-state index is -0.522. The molecule has 148 valence electrons. The molecule has 1 atom stereocenters. The van der Waals surface area contributed by atoms with Crippen LogP contribution in [0.2, 0.25) is 0 Å². The van der Waals surface area contributed by atoms with Crippen LogP contribution >= 0.6 is 11.3 Å². The number of benzene rings is 1. The van der Waals surface area contributed by atoms with Crippen molar-refractivity contribution in [2.24, 2.45) is 0 Å². The Labute approximate surface area is 169 Å². The lowest BCUT2D eigenvalue weighted by Gasteiger charge is -2.36. The number of anilines is 1. The summed E-state index contributed by atoms with van der Waals surface area (Å²) in [5.41, 5.74) is 0.749. The van der Waals surface area contributed by atoms with E-state index in [0.717, 1.165) is 38.4 Å². The molecule has 7 heteroatoms. The van der Waals surface area contributed by atoms with E-state index in [1.54, 1.807) is 23.2 Å². The third-order valence-electron chi connectivity index (χ3n) is 5.31. The summed E-state index contributed by atoms with van der Waals surface area (Å²) < 4.78 is 5.66. The number of piperazine rings is 1. The number of thiophene rings is 1. The quantitative estimate of drug-likeness (QED) is 0.776. The predicted molar refractivity (Wildman–Crippen MR) is 110 cm³/mol. The van der Waals surface area contributed by atoms with Crippen LogP contribution in [0.5, 0.6) is 5.75 Å². The first-order chi connectivity index (χ1) is 13.6. The number of fused-ring (bicyclic) bond motifs is 1. The maximum absolute atomic E-state index is 12.7. The van der Waals surface area contributed by atoms with Gasteiger partial charge in [-0.2, -0.15) is 0 Å². The van der Waals surface area contributed by atoms with E-state index in [1.807, 2.05) is 29.2 Å². The first kappa shape index (κ1) is 19.0. The maximum atomic E-state index is 12.7. The average Bonchev–Trinajstić information content (AvgIpc) is 3.22. The van der Waals surface area contributed by atoms with Crippen molar-refractivity contribution in [1.82, 2.24) is 9.80 Å². The molecule has 0 bridgehead atoms. The van der Waals surface area contributed by atoms with Gasteiger partial charge in [0.05, 0.1) is 5.69 Å². The smallest absolute Gasteiger partial charge is 0.267 e. The lowest BCUT2D eigenvalue weighted by Crippen LogP contribution is -2.50. The number of ether oxygens (including phenoxy) is 1. The Hall–Kier alpha value is -2.38. The topological polar surface area (TPSA) is 53.1 Å². The molecule has 6 nitrogen and oxygen atoms in total. The fourth-order valence-corrected chi connectivity index (χ4v) is 4.48. The van der Waals surface area contributed by atoms with Gasteiger partial charge in [0.2, 0.25) is 5.91 Å². The molecule has 0 aliphatic carbocycles. The number of amides is 2. The van der Waals surface area contributed by atoms with Crippen molar-refractivity contribution in [2.75, 3.05) is 37.6 Å². The second-order valence-corrected chi connectivity index (χ2v) is 8.24. The van der Waals surface area contributed by atoms with Gasteiger partial charge in [-0.1, -0.05) is 18.2 Å². The van der Waals surface area contributed by atoms with Crippen LogP contribution in [0.3, 0.4) is 0 Å². The molecule has 4 rings (SSSR count). The van der Waals surface area contributed by atoms with Gasteiger partial charge in [-0.05, 0) is 30.5 Å². The highest BCUT2D eigenvalue weighted by atomic mass is 32.1. The minimum absolute atomic E-state index is 0.0905. The van der Waals surface area contributed by atoms with E-state index < -0.39 is 6.10 Å². The number of hydrogen-bond acceptors (Lipinski definition) is 5. The summed E-state index contributed by atoms with van der Waals surface area (Å²) in [6.45, 7) is 6.36. The van der Waals surface area contributed by atoms with Crippen LogP contribution in [0.1, 0.15) is 18.2 Å². The van der Waals surface area contributed by atoms with Gasteiger partial charge in [0.15, 0.2) is 6.10 Å². The van der Waals surface area contributed by atoms with E-state index in [0.29, 0.717) is 18.7 Å². The molecule has 3 heterocycles. The monoisotopic (exact) mass is 399 g/mol. The Morgan fingerprint density at radius 1 is 1.14 bits per heavy atom. The minimum Gasteiger partial charge on any atom is -0.479 e. The van der Waals surface area contributed by atoms with Crippen LogP contribution < -0.4 is 9.64 Å². The summed E-state index contributed by atoms with van der Waals surface area (Å²) in [6.07, 6.45) is -0.191. The molecule has 0 radical (unpaired) electrons. The Bertz CT molecular complexity index is 831. The van der Waals surface area contributed by atoms with Crippen molar-refractivity contribution in [3.8, 4) is 5.75 Å². The predicted octanol–water partition coefficient (Wildman–Crippen LogP) is 2.60. The third-order valence-corrected chi connectivity index (χ3v) is 6.17. The summed E-state index contributed by atoms with van der Waals surface area (Å²) in [6, 6.07) is 11.7. The SMILES string of the molecule is CC1Oc2ccccc2N(CCC(=O)N2CCN(Cc3cccs3)CC2)C1=O. The van der Waals surface area contributed by atoms with E-state index >= 15 is 0 Å². The largest absolute Gasteiger partial charge is 0.479 e. The number of carbonyl (C=O) groups is 2. The second-order valence-electron chi connectivity index (χ2n) is 7.20. The van der Waals surface area contributed by atoms with Gasteiger partial charge >= 0.3 is 0 Å². The highest BCUT2D eigenvalue weighted by Crippen LogP contribution is 2.33. The molecule has 1 fully saturated rings. The zero-order valence-corrected chi connectivity index (χ0v) is 16.9. The average molecular weight is 400 g/mol. The van der Waals surface area contributed by atoms with Gasteiger partial charge in [0, 0.05) is 50.6 Å². The van der Waals surface area contributed by atoms with Crippen LogP contribution in [0.4, 0.5) is 5.69 Å². The third kappa shape index (κ3) is 4.05. The summed E-state index contributed by atoms with van der Waals surface area (Å²) >= 11 is 1.77. The van der Waals surface area contributed by atoms with Gasteiger partial charge in [-0.3, -0.25) is 14.5 Å². The standard InChI is InChI=1S/C21H25N3O3S/c1-16-21(26)24(18-6-2-3-7-19(18)27-16)9-8-20(25)23-12-10-22(11-13-23)15-17-5-4-14-28-17/h2-7,14,16H,8-13,15H2,1H3. The lowest BCUT2D eigenvalue weighted by atomic mass is 10.1. The van der Waals surface area contributed by atoms with Crippen molar-refractivity contribution in [1.29, 1.82) is 0 Å². The molecule has 0 N–H and O–H groups in total. The number of hydrogen-bond donors (Lipinski definition) is 0. The molecule has 2 aliphatic rings. The number of carbonyl (C=O) groups excluding carboxylic acids is 2. The zero-order chi connectivity index (χ0) is 19.5. The Balaban J connectivity index is 1.31. The maximum Gasteiger partial charge on any atom is 0.267 e. The molecule has 2 aliphatic heterocycles. The van der Waals surface area contributed by atoms with E-state index in [1.165, 1.54) is 4.88 Å². The highest BCUT2D eigenvalue weighted by molar-refractivity contribution is 7.09. The molecule has 0 spiro atoms. The number of rotatable bonds is 5. The van der Waals surface area contributed by atoms with Crippen molar-refractivity contribution >= 4 is 28.8 Å². The molecule has 0 saturated carbocycles. The molecule has 1 aromatic heterocycles. The first-order valence-corrected chi connectivity index (χ1v) is 10.6. The van der Waals surface area contributed by atoms with Crippen LogP contribution in [-0.2, 0) is 16.1 Å². The summed E-state index contributed by atoms with van der Waals surface area (Å²) in [7, 11) is 0. The lowest BCUT2D eigenvalue weighted by molar-refractivity contribution is -0.133. The Morgan fingerprint density at radius 3 is 2.68 bits per heavy atom. The van der Waals surface area contributed by atoms with Gasteiger partial charge < -0.3 is 14.5 Å². The Morgan fingerprint density at radius 2 is 1.93 bits per heavy atom. The fraction of sp³-hybridized carbons (Fsp3) is 0.429. The van der Waals surface area contributed by atoms with Crippen molar-refractivity contribution < 1.29 is 14.3 Å². The van der Waals surface area contributed by atoms with Gasteiger partial charge in [-0.25, -0.2) is 0 Å². The zero-order valence-electron chi connectivity index (χ0n) is 16.0. The van der Waals surface area contributed by atoms with Crippen LogP contribution in [0.25, 0.3) is 0 Å². The highest BCUT2D eigenvalue weighted by Gasteiger charge is 2.32. The van der Waals surface area contributed by atoms with E-state index in [-0.39, 0.29) is 11.8 Å². The van der Waals surface area contributed by atoms with E-state index in [2.05, 4.69) is 22.4 Å². The van der Waals surface area contributed by atoms with Crippen molar-refractivity contribution in [3.63, 3.8) is 0 Å². The van der Waals surface area contributed by atoms with E-state index in [9.17, 15) is 9.59 Å². The Kier molecular flexibility index (Phi) is 5.64. The molecule has 2 aromatic rings. The number of nitrogens with zero attached hydrogens (tertiary/aromatic N) is 3. The summed E-state index contributed by atoms with van der Waals surface area (Å²) in [4.78, 5) is 32.6. The molecule has 1 unspecified atom stereocenters. The van der Waals surface area contributed by atoms with Gasteiger partial charge in [0.25, 0.3) is 5.91 Å². The molecule has 2 amide bonds. The fourth-order valence-electron chi connectivity index (χ4n) is 3.73. The van der Waals surface area contributed by atoms with Crippen LogP contribution in [-0.4, -0.2) is 60.4 Å². The van der Waals surface area contributed by atoms with Crippen LogP contribution in [0.15, 0.2) is 41.8 Å². The number of para-hydroxylation sites is 2. The van der Waals surface area contributed by atoms with Crippen molar-refractivity contribution in [3.05, 3.63) is 46.7 Å². The van der Waals surface area contributed by atoms with Gasteiger partial charge in [0.1, 0.15) is 5.75 Å². The molecule has 28 heavy (non-hydrogen) atoms. The molecular weight excluding hydrogens is 374 g/mol. The van der Waals surface area contributed by atoms with E-state index in [4.69, 9.17) is 4.74 Å². The molecule has 1 saturated heterocycles. The van der Waals surface area contributed by atoms with Crippen molar-refractivity contribution in [2.45, 2.75) is 26.0 Å².